The van der Waals surface area contributed by atoms with Crippen LogP contribution in [0.1, 0.15) is 58.2 Å². The van der Waals surface area contributed by atoms with E-state index >= 15 is 0 Å². The number of carboxylic acids is 1. The van der Waals surface area contributed by atoms with Gasteiger partial charge in [0.1, 0.15) is 23.9 Å². The van der Waals surface area contributed by atoms with Crippen molar-refractivity contribution < 1.29 is 29.0 Å². The number of ether oxygens (including phenoxy) is 2. The lowest BCUT2D eigenvalue weighted by molar-refractivity contribution is -0.135. The predicted octanol–water partition coefficient (Wildman–Crippen LogP) is 2.66. The number of benzene rings is 2. The van der Waals surface area contributed by atoms with Gasteiger partial charge in [-0.1, -0.05) is 13.8 Å². The molecule has 0 saturated carbocycles. The van der Waals surface area contributed by atoms with E-state index in [0.717, 1.165) is 11.1 Å². The Hall–Kier alpha value is -4.08. The molecule has 196 valence electrons. The lowest BCUT2D eigenvalue weighted by Gasteiger charge is -2.21. The van der Waals surface area contributed by atoms with Crippen LogP contribution in [0.25, 0.3) is 0 Å². The lowest BCUT2D eigenvalue weighted by Crippen LogP contribution is -2.32. The second-order valence-electron chi connectivity index (χ2n) is 9.85. The number of nitrogens with zero attached hydrogens (tertiary/aromatic N) is 2. The van der Waals surface area contributed by atoms with Crippen molar-refractivity contribution in [3.63, 3.8) is 0 Å². The number of amides is 1. The number of hydrogen-bond acceptors (Lipinski definition) is 7. The van der Waals surface area contributed by atoms with Crippen LogP contribution in [0, 0.1) is 5.41 Å². The van der Waals surface area contributed by atoms with E-state index in [4.69, 9.17) is 14.9 Å². The summed E-state index contributed by atoms with van der Waals surface area (Å²) in [5, 5.41) is 20.6. The minimum Gasteiger partial charge on any atom is -0.495 e. The summed E-state index contributed by atoms with van der Waals surface area (Å²) in [5.74, 6) is -0.383. The van der Waals surface area contributed by atoms with Crippen molar-refractivity contribution in [2.24, 2.45) is 0 Å². The van der Waals surface area contributed by atoms with Gasteiger partial charge in [-0.2, -0.15) is 0 Å². The molecule has 0 aromatic heterocycles. The molecule has 2 aliphatic rings. The van der Waals surface area contributed by atoms with Crippen LogP contribution >= 0.6 is 0 Å². The van der Waals surface area contributed by atoms with Crippen LogP contribution < -0.4 is 19.7 Å². The van der Waals surface area contributed by atoms with Crippen LogP contribution in [0.15, 0.2) is 24.3 Å². The Bertz CT molecular complexity index is 1300. The predicted molar refractivity (Wildman–Crippen MR) is 138 cm³/mol. The highest BCUT2D eigenvalue weighted by Gasteiger charge is 2.39. The van der Waals surface area contributed by atoms with E-state index < -0.39 is 5.97 Å². The average Bonchev–Trinajstić information content (AvgIpc) is 3.28. The number of carbonyl (C=O) groups excluding carboxylic acids is 2. The van der Waals surface area contributed by atoms with Gasteiger partial charge >= 0.3 is 5.97 Å². The molecule has 0 aliphatic carbocycles. The van der Waals surface area contributed by atoms with Gasteiger partial charge < -0.3 is 29.7 Å². The second kappa shape index (κ2) is 9.76. The number of carboxylic acid groups (broad SMARTS) is 1. The first-order valence-corrected chi connectivity index (χ1v) is 12.1. The maximum atomic E-state index is 13.4. The second-order valence-corrected chi connectivity index (χ2v) is 9.85. The molecule has 2 aromatic rings. The van der Waals surface area contributed by atoms with Crippen LogP contribution in [0.5, 0.6) is 11.5 Å². The van der Waals surface area contributed by atoms with Gasteiger partial charge in [0.15, 0.2) is 5.78 Å². The molecular weight excluding hydrogens is 476 g/mol. The summed E-state index contributed by atoms with van der Waals surface area (Å²) in [7, 11) is 3.04. The van der Waals surface area contributed by atoms with Gasteiger partial charge in [0.05, 0.1) is 31.5 Å². The summed E-state index contributed by atoms with van der Waals surface area (Å²) >= 11 is 0. The third-order valence-corrected chi connectivity index (χ3v) is 6.82. The van der Waals surface area contributed by atoms with E-state index in [2.05, 4.69) is 5.32 Å². The smallest absolute Gasteiger partial charge is 0.323 e. The summed E-state index contributed by atoms with van der Waals surface area (Å²) in [6, 6.07) is 6.86. The van der Waals surface area contributed by atoms with Crippen molar-refractivity contribution in [1.82, 2.24) is 10.2 Å². The topological polar surface area (TPSA) is 132 Å². The molecule has 2 aromatic carbocycles. The van der Waals surface area contributed by atoms with Crippen molar-refractivity contribution in [3.05, 3.63) is 52.1 Å². The van der Waals surface area contributed by atoms with Gasteiger partial charge in [0.25, 0.3) is 5.91 Å². The summed E-state index contributed by atoms with van der Waals surface area (Å²) in [6.45, 7) is 6.88. The Morgan fingerprint density at radius 2 is 1.84 bits per heavy atom. The number of methoxy groups -OCH3 is 1. The Kier molecular flexibility index (Phi) is 6.86. The van der Waals surface area contributed by atoms with Gasteiger partial charge in [-0.05, 0) is 42.3 Å². The van der Waals surface area contributed by atoms with Crippen molar-refractivity contribution >= 4 is 29.2 Å². The van der Waals surface area contributed by atoms with Gasteiger partial charge in [-0.25, -0.2) is 0 Å². The van der Waals surface area contributed by atoms with Gasteiger partial charge in [-0.15, -0.1) is 0 Å². The van der Waals surface area contributed by atoms with Crippen LogP contribution in [0.2, 0.25) is 0 Å². The third-order valence-electron chi connectivity index (χ3n) is 6.82. The molecule has 10 heteroatoms. The number of rotatable bonds is 9. The molecular formula is C27H32N4O6. The number of ketones is 1. The fraction of sp³-hybridized carbons (Fsp3) is 0.407. The van der Waals surface area contributed by atoms with Crippen molar-refractivity contribution in [3.8, 4) is 11.5 Å². The zero-order valence-electron chi connectivity index (χ0n) is 21.7. The molecule has 0 atom stereocenters. The largest absolute Gasteiger partial charge is 0.495 e. The highest BCUT2D eigenvalue weighted by atomic mass is 16.5. The maximum absolute atomic E-state index is 13.4. The van der Waals surface area contributed by atoms with Gasteiger partial charge in [0, 0.05) is 36.7 Å². The molecule has 10 nitrogen and oxygen atoms in total. The van der Waals surface area contributed by atoms with E-state index in [1.165, 1.54) is 14.2 Å². The highest BCUT2D eigenvalue weighted by molar-refractivity contribution is 6.08. The van der Waals surface area contributed by atoms with Crippen LogP contribution in [0.3, 0.4) is 0 Å². The minimum atomic E-state index is -0.940. The first-order chi connectivity index (χ1) is 17.5. The molecule has 3 N–H and O–H groups in total. The van der Waals surface area contributed by atoms with E-state index in [1.807, 2.05) is 26.8 Å². The van der Waals surface area contributed by atoms with E-state index in [-0.39, 0.29) is 36.0 Å². The van der Waals surface area contributed by atoms with Gasteiger partial charge in [0.2, 0.25) is 0 Å². The summed E-state index contributed by atoms with van der Waals surface area (Å²) < 4.78 is 11.2. The first kappa shape index (κ1) is 26.0. The molecule has 0 fully saturated rings. The summed E-state index contributed by atoms with van der Waals surface area (Å²) in [5.41, 5.74) is 3.35. The monoisotopic (exact) mass is 508 g/mol. The zero-order chi connectivity index (χ0) is 27.1. The molecule has 0 bridgehead atoms. The Balaban J connectivity index is 1.62. The molecule has 1 amide bonds. The number of anilines is 1. The number of nitrogens with one attached hydrogen (secondary N) is 2. The van der Waals surface area contributed by atoms with Crippen LogP contribution in [-0.2, 0) is 16.8 Å². The Morgan fingerprint density at radius 3 is 2.46 bits per heavy atom. The molecule has 4 rings (SSSR count). The number of amidine groups is 1. The Labute approximate surface area is 215 Å². The first-order valence-electron chi connectivity index (χ1n) is 12.1. The lowest BCUT2D eigenvalue weighted by atomic mass is 9.85. The summed E-state index contributed by atoms with van der Waals surface area (Å²) in [6.07, 6.45) is 0. The Morgan fingerprint density at radius 1 is 1.11 bits per heavy atom. The van der Waals surface area contributed by atoms with E-state index in [1.54, 1.807) is 28.0 Å². The number of aliphatic carboxylic acids is 1. The zero-order valence-corrected chi connectivity index (χ0v) is 21.7. The molecule has 37 heavy (non-hydrogen) atoms. The van der Waals surface area contributed by atoms with E-state index in [9.17, 15) is 19.5 Å². The third kappa shape index (κ3) is 4.71. The SMILES string of the molecule is CCOc1cc2c(cc1C(=O)NC)C(=N)N(CC(=O)c1cc(OC)c3c(c1)C(C)(C)CN3CC(=O)O)C2. The molecule has 0 radical (unpaired) electrons. The number of hydrogen-bond donors (Lipinski definition) is 3. The number of carbonyl (C=O) groups is 3. The molecule has 0 unspecified atom stereocenters. The summed E-state index contributed by atoms with van der Waals surface area (Å²) in [4.78, 5) is 40.6. The minimum absolute atomic E-state index is 0.0337. The maximum Gasteiger partial charge on any atom is 0.323 e. The molecule has 2 heterocycles. The molecule has 0 spiro atoms. The van der Waals surface area contributed by atoms with Crippen LogP contribution in [-0.4, -0.2) is 73.9 Å². The standard InChI is InChI=1S/C27H32N4O6/c1-6-37-21-9-16-11-30(25(28)17(16)10-18(21)26(35)29-4)12-20(32)15-7-19-24(22(8-15)36-5)31(13-23(33)34)14-27(19,2)3/h7-10,28H,6,11-14H2,1-5H3,(H,29,35)(H,33,34). The van der Waals surface area contributed by atoms with E-state index in [0.29, 0.717) is 53.6 Å². The highest BCUT2D eigenvalue weighted by Crippen LogP contribution is 2.46. The van der Waals surface area contributed by atoms with Crippen molar-refractivity contribution in [1.29, 1.82) is 5.41 Å². The number of Topliss-reactive ketones (excluding diaryl/α,β-unsaturated/α-hetero) is 1. The fourth-order valence-corrected chi connectivity index (χ4v) is 5.12. The van der Waals surface area contributed by atoms with Crippen molar-refractivity contribution in [2.45, 2.75) is 32.7 Å². The fourth-order valence-electron chi connectivity index (χ4n) is 5.12. The number of fused-ring (bicyclic) bond motifs is 2. The van der Waals surface area contributed by atoms with Gasteiger partial charge in [-0.3, -0.25) is 19.8 Å². The molecule has 2 aliphatic heterocycles. The average molecular weight is 509 g/mol. The normalized spacial score (nSPS) is 15.3. The quantitative estimate of drug-likeness (QED) is 0.441. The van der Waals surface area contributed by atoms with Crippen molar-refractivity contribution in [2.75, 3.05) is 45.3 Å². The van der Waals surface area contributed by atoms with Crippen LogP contribution in [0.4, 0.5) is 5.69 Å². The molecule has 0 saturated heterocycles.